The van der Waals surface area contributed by atoms with Gasteiger partial charge in [0, 0.05) is 11.8 Å². The zero-order valence-electron chi connectivity index (χ0n) is 12.5. The molecule has 2 nitrogen and oxygen atoms in total. The first kappa shape index (κ1) is 16.3. The highest BCUT2D eigenvalue weighted by molar-refractivity contribution is 7.09. The van der Waals surface area contributed by atoms with E-state index in [0.29, 0.717) is 5.88 Å². The van der Waals surface area contributed by atoms with E-state index < -0.39 is 0 Å². The molecule has 0 amide bonds. The van der Waals surface area contributed by atoms with E-state index in [0.717, 1.165) is 42.3 Å². The lowest BCUT2D eigenvalue weighted by Crippen LogP contribution is -1.99. The number of nitrogens with zero attached hydrogens (tertiary/aromatic N) is 1. The fourth-order valence-electron chi connectivity index (χ4n) is 2.07. The van der Waals surface area contributed by atoms with Crippen LogP contribution in [0.4, 0.5) is 0 Å². The van der Waals surface area contributed by atoms with Crippen molar-refractivity contribution in [3.63, 3.8) is 0 Å². The lowest BCUT2D eigenvalue weighted by atomic mass is 10.1. The van der Waals surface area contributed by atoms with Gasteiger partial charge in [0.25, 0.3) is 0 Å². The summed E-state index contributed by atoms with van der Waals surface area (Å²) in [5.41, 5.74) is 2.36. The lowest BCUT2D eigenvalue weighted by molar-refractivity contribution is 0.311. The van der Waals surface area contributed by atoms with Gasteiger partial charge in [-0.3, -0.25) is 0 Å². The molecule has 21 heavy (non-hydrogen) atoms. The number of benzene rings is 1. The molecular formula is C17H22ClNOS. The summed E-state index contributed by atoms with van der Waals surface area (Å²) in [6, 6.07) is 8.47. The van der Waals surface area contributed by atoms with E-state index in [1.54, 1.807) is 11.3 Å². The Morgan fingerprint density at radius 2 is 1.95 bits per heavy atom. The highest BCUT2D eigenvalue weighted by Crippen LogP contribution is 2.16. The second-order valence-corrected chi connectivity index (χ2v) is 6.28. The number of hydrogen-bond donors (Lipinski definition) is 0. The van der Waals surface area contributed by atoms with Crippen LogP contribution in [0.1, 0.15) is 42.5 Å². The predicted molar refractivity (Wildman–Crippen MR) is 90.5 cm³/mol. The van der Waals surface area contributed by atoms with Crippen LogP contribution in [-0.4, -0.2) is 11.6 Å². The summed E-state index contributed by atoms with van der Waals surface area (Å²) in [5, 5.41) is 3.17. The number of aromatic nitrogens is 1. The minimum atomic E-state index is 0.497. The Balaban J connectivity index is 1.68. The van der Waals surface area contributed by atoms with Crippen molar-refractivity contribution in [3.8, 4) is 5.75 Å². The molecule has 0 aliphatic carbocycles. The van der Waals surface area contributed by atoms with Crippen LogP contribution < -0.4 is 4.74 Å². The summed E-state index contributed by atoms with van der Waals surface area (Å²) in [4.78, 5) is 4.44. The Morgan fingerprint density at radius 3 is 2.62 bits per heavy atom. The van der Waals surface area contributed by atoms with Gasteiger partial charge >= 0.3 is 0 Å². The van der Waals surface area contributed by atoms with Gasteiger partial charge < -0.3 is 4.74 Å². The molecule has 0 spiro atoms. The number of rotatable bonds is 9. The van der Waals surface area contributed by atoms with E-state index in [1.807, 2.05) is 5.38 Å². The van der Waals surface area contributed by atoms with Gasteiger partial charge in [-0.05, 0) is 37.0 Å². The Kier molecular flexibility index (Phi) is 7.04. The second-order valence-electron chi connectivity index (χ2n) is 5.07. The number of alkyl halides is 1. The summed E-state index contributed by atoms with van der Waals surface area (Å²) in [6.45, 7) is 2.94. The fourth-order valence-corrected chi connectivity index (χ4v) is 3.14. The van der Waals surface area contributed by atoms with E-state index in [4.69, 9.17) is 16.3 Å². The summed E-state index contributed by atoms with van der Waals surface area (Å²) >= 11 is 7.42. The summed E-state index contributed by atoms with van der Waals surface area (Å²) in [5.74, 6) is 1.45. The van der Waals surface area contributed by atoms with Gasteiger partial charge in [0.05, 0.1) is 23.2 Å². The summed E-state index contributed by atoms with van der Waals surface area (Å²) in [7, 11) is 0. The van der Waals surface area contributed by atoms with Crippen molar-refractivity contribution in [2.75, 3.05) is 6.61 Å². The van der Waals surface area contributed by atoms with Crippen LogP contribution in [0.25, 0.3) is 0 Å². The molecule has 4 heteroatoms. The minimum absolute atomic E-state index is 0.497. The molecule has 2 aromatic rings. The van der Waals surface area contributed by atoms with Crippen molar-refractivity contribution in [1.82, 2.24) is 4.98 Å². The molecule has 114 valence electrons. The minimum Gasteiger partial charge on any atom is -0.494 e. The van der Waals surface area contributed by atoms with Gasteiger partial charge in [-0.25, -0.2) is 4.98 Å². The smallest absolute Gasteiger partial charge is 0.119 e. The third-order valence-corrected chi connectivity index (χ3v) is 4.51. The Hall–Kier alpha value is -1.06. The van der Waals surface area contributed by atoms with Crippen LogP contribution >= 0.6 is 22.9 Å². The largest absolute Gasteiger partial charge is 0.494 e. The molecule has 0 N–H and O–H groups in total. The molecule has 0 fully saturated rings. The molecule has 0 aliphatic rings. The topological polar surface area (TPSA) is 22.1 Å². The fraction of sp³-hybridized carbons (Fsp3) is 0.471. The Bertz CT molecular complexity index is 524. The SMILES string of the molecule is CCCCc1ccc(OCCCc2nc(CCl)cs2)cc1. The van der Waals surface area contributed by atoms with Crippen molar-refractivity contribution in [1.29, 1.82) is 0 Å². The maximum atomic E-state index is 5.77. The van der Waals surface area contributed by atoms with Crippen LogP contribution in [-0.2, 0) is 18.7 Å². The van der Waals surface area contributed by atoms with Crippen molar-refractivity contribution in [2.45, 2.75) is 44.9 Å². The standard InChI is InChI=1S/C17H22ClNOS/c1-2-3-5-14-7-9-16(10-8-14)20-11-4-6-17-19-15(12-18)13-21-17/h7-10,13H,2-6,11-12H2,1H3. The predicted octanol–water partition coefficient (Wildman–Crippen LogP) is 5.24. The van der Waals surface area contributed by atoms with Crippen LogP contribution in [0.15, 0.2) is 29.6 Å². The number of halogens is 1. The number of hydrogen-bond acceptors (Lipinski definition) is 3. The van der Waals surface area contributed by atoms with Crippen molar-refractivity contribution >= 4 is 22.9 Å². The second kappa shape index (κ2) is 9.06. The molecule has 0 unspecified atom stereocenters. The lowest BCUT2D eigenvalue weighted by Gasteiger charge is -2.06. The Labute approximate surface area is 136 Å². The van der Waals surface area contributed by atoms with Gasteiger partial charge in [-0.2, -0.15) is 0 Å². The average molecular weight is 324 g/mol. The van der Waals surface area contributed by atoms with Gasteiger partial charge in [-0.15, -0.1) is 22.9 Å². The molecule has 2 rings (SSSR count). The average Bonchev–Trinajstić information content (AvgIpc) is 2.99. The number of unbranched alkanes of at least 4 members (excludes halogenated alkanes) is 1. The van der Waals surface area contributed by atoms with Crippen LogP contribution in [0.2, 0.25) is 0 Å². The molecule has 0 radical (unpaired) electrons. The molecule has 1 aromatic heterocycles. The molecule has 0 saturated carbocycles. The van der Waals surface area contributed by atoms with Gasteiger partial charge in [0.2, 0.25) is 0 Å². The highest BCUT2D eigenvalue weighted by Gasteiger charge is 2.01. The van der Waals surface area contributed by atoms with E-state index in [1.165, 1.54) is 18.4 Å². The first-order valence-electron chi connectivity index (χ1n) is 7.52. The number of ether oxygens (including phenoxy) is 1. The normalized spacial score (nSPS) is 10.8. The van der Waals surface area contributed by atoms with E-state index >= 15 is 0 Å². The number of aryl methyl sites for hydroxylation is 2. The Morgan fingerprint density at radius 1 is 1.14 bits per heavy atom. The molecule has 0 bridgehead atoms. The van der Waals surface area contributed by atoms with E-state index in [-0.39, 0.29) is 0 Å². The highest BCUT2D eigenvalue weighted by atomic mass is 35.5. The van der Waals surface area contributed by atoms with Crippen molar-refractivity contribution in [2.24, 2.45) is 0 Å². The molecule has 0 atom stereocenters. The molecule has 0 saturated heterocycles. The van der Waals surface area contributed by atoms with Crippen LogP contribution in [0, 0.1) is 0 Å². The molecule has 0 aliphatic heterocycles. The summed E-state index contributed by atoms with van der Waals surface area (Å²) < 4.78 is 5.77. The van der Waals surface area contributed by atoms with Gasteiger partial charge in [-0.1, -0.05) is 25.5 Å². The molecular weight excluding hydrogens is 302 g/mol. The zero-order chi connectivity index (χ0) is 14.9. The molecule has 1 heterocycles. The zero-order valence-corrected chi connectivity index (χ0v) is 14.1. The van der Waals surface area contributed by atoms with E-state index in [9.17, 15) is 0 Å². The third kappa shape index (κ3) is 5.68. The monoisotopic (exact) mass is 323 g/mol. The van der Waals surface area contributed by atoms with Gasteiger partial charge in [0.15, 0.2) is 0 Å². The maximum absolute atomic E-state index is 5.77. The van der Waals surface area contributed by atoms with Crippen molar-refractivity contribution in [3.05, 3.63) is 45.9 Å². The molecule has 1 aromatic carbocycles. The van der Waals surface area contributed by atoms with E-state index in [2.05, 4.69) is 36.2 Å². The van der Waals surface area contributed by atoms with Crippen LogP contribution in [0.5, 0.6) is 5.75 Å². The quantitative estimate of drug-likeness (QED) is 0.465. The van der Waals surface area contributed by atoms with Gasteiger partial charge in [0.1, 0.15) is 5.75 Å². The summed E-state index contributed by atoms with van der Waals surface area (Å²) in [6.07, 6.45) is 5.57. The number of thiazole rings is 1. The first-order chi connectivity index (χ1) is 10.3. The van der Waals surface area contributed by atoms with Crippen molar-refractivity contribution < 1.29 is 4.74 Å². The third-order valence-electron chi connectivity index (χ3n) is 3.28. The maximum Gasteiger partial charge on any atom is 0.119 e. The van der Waals surface area contributed by atoms with Crippen LogP contribution in [0.3, 0.4) is 0 Å². The first-order valence-corrected chi connectivity index (χ1v) is 8.94.